The molecule has 19 heteroatoms. The van der Waals surface area contributed by atoms with E-state index < -0.39 is 47.7 Å². The molecule has 0 radical (unpaired) electrons. The number of nitrogens with zero attached hydrogens (tertiary/aromatic N) is 3. The van der Waals surface area contributed by atoms with E-state index in [1.54, 1.807) is 36.4 Å². The van der Waals surface area contributed by atoms with Gasteiger partial charge in [-0.15, -0.1) is 0 Å². The minimum atomic E-state index is -1.46. The number of benzene rings is 2. The van der Waals surface area contributed by atoms with E-state index >= 15 is 0 Å². The molecule has 4 aliphatic carbocycles. The molecule has 69 heavy (non-hydrogen) atoms. The van der Waals surface area contributed by atoms with Gasteiger partial charge in [0.2, 0.25) is 17.1 Å². The number of piperidine rings is 2. The lowest BCUT2D eigenvalue weighted by atomic mass is 9.78. The molecule has 8 aliphatic rings. The van der Waals surface area contributed by atoms with E-state index in [0.29, 0.717) is 59.1 Å². The maximum absolute atomic E-state index is 13.4. The third-order valence-electron chi connectivity index (χ3n) is 14.9. The molecule has 2 aromatic rings. The Morgan fingerprint density at radius 1 is 0.667 bits per heavy atom. The van der Waals surface area contributed by atoms with E-state index in [9.17, 15) is 38.4 Å². The third kappa shape index (κ3) is 10.5. The predicted octanol–water partition coefficient (Wildman–Crippen LogP) is 6.58. The highest BCUT2D eigenvalue weighted by Crippen LogP contribution is 2.47. The molecule has 376 valence electrons. The number of anilines is 2. The Labute approximate surface area is 404 Å². The molecular weight excluding hydrogens is 889 g/mol. The summed E-state index contributed by atoms with van der Waals surface area (Å²) in [6, 6.07) is 10.5. The average molecular weight is 959 g/mol. The summed E-state index contributed by atoms with van der Waals surface area (Å²) in [7, 11) is 3.02. The summed E-state index contributed by atoms with van der Waals surface area (Å²) in [4.78, 5) is 101. The number of aryl methyl sites for hydroxylation is 2. The van der Waals surface area contributed by atoms with Crippen molar-refractivity contribution in [3.8, 4) is 0 Å². The fraction of sp³-hybridized carbons (Fsp3) is 0.600. The average Bonchev–Trinajstić information content (AvgIpc) is 4.03. The van der Waals surface area contributed by atoms with Crippen molar-refractivity contribution in [1.29, 1.82) is 0 Å². The van der Waals surface area contributed by atoms with Crippen LogP contribution in [0, 0.1) is 11.8 Å². The van der Waals surface area contributed by atoms with E-state index in [4.69, 9.17) is 14.6 Å². The Kier molecular flexibility index (Phi) is 16.6. The fourth-order valence-electron chi connectivity index (χ4n) is 11.6. The molecular formula is C50H70N8O11. The van der Waals surface area contributed by atoms with Crippen molar-refractivity contribution in [1.82, 2.24) is 30.7 Å². The van der Waals surface area contributed by atoms with Gasteiger partial charge in [-0.25, -0.2) is 29.0 Å². The van der Waals surface area contributed by atoms with Crippen molar-refractivity contribution in [2.45, 2.75) is 141 Å². The highest BCUT2D eigenvalue weighted by atomic mass is 16.6. The lowest BCUT2D eigenvalue weighted by Crippen LogP contribution is -2.53. The molecule has 19 nitrogen and oxygen atoms in total. The van der Waals surface area contributed by atoms with Gasteiger partial charge in [-0.1, -0.05) is 52.7 Å². The maximum Gasteiger partial charge on any atom is 0.418 e. The topological polar surface area (TPSA) is 245 Å². The SMILES string of the molecule is C.C.C1CCC2NCCCC2C1.CNC(=O)Nc1ccc2c(c1)CC[C@@]21OC(=O)N(CC(=O)N2CCCC3CCCCC32)C1=O.CNC(=O)Nc1ccc2c(c1)CC[C@@]21OC(=O)N(CC(=O)O)C1=O. The lowest BCUT2D eigenvalue weighted by molar-refractivity contribution is -0.144. The highest BCUT2D eigenvalue weighted by Gasteiger charge is 2.60. The van der Waals surface area contributed by atoms with Gasteiger partial charge < -0.3 is 46.1 Å². The molecule has 2 saturated carbocycles. The highest BCUT2D eigenvalue weighted by molar-refractivity contribution is 6.07. The summed E-state index contributed by atoms with van der Waals surface area (Å²) in [6.07, 6.45) is 15.3. The number of urea groups is 2. The molecule has 10 rings (SSSR count). The standard InChI is InChI=1S/C24H30N4O5.C15H15N3O6.C9H17N.2CH4/c1-25-22(31)26-17-8-9-18-16(13-17)10-11-24(18)21(30)28(23(32)33-24)14-20(29)27-12-4-6-15-5-2-3-7-19(15)27;1-16-13(22)17-9-2-3-10-8(6-9)4-5-15(10)12(21)18(7-11(19)20)14(23)24-15;1-2-6-9-8(4-1)5-3-7-10-9;;/h8-9,13,15,19H,2-7,10-12,14H2,1H3,(H2,25,26,31);2-3,6H,4-5,7H2,1H3,(H,19,20)(H2,16,17,22);8-10H,1-7H2;2*1H4/t15?,19?,24-;15-;;;/m11.../s1. The number of rotatable bonds is 6. The van der Waals surface area contributed by atoms with Gasteiger partial charge in [-0.05, 0) is 118 Å². The molecule has 9 amide bonds. The Morgan fingerprint density at radius 2 is 1.16 bits per heavy atom. The molecule has 0 bridgehead atoms. The van der Waals surface area contributed by atoms with Crippen molar-refractivity contribution in [2.24, 2.45) is 11.8 Å². The zero-order chi connectivity index (χ0) is 47.5. The van der Waals surface area contributed by atoms with E-state index in [0.717, 1.165) is 60.1 Å². The summed E-state index contributed by atoms with van der Waals surface area (Å²) in [5.74, 6) is -1.02. The molecule has 6 fully saturated rings. The first-order valence-electron chi connectivity index (χ1n) is 23.9. The third-order valence-corrected chi connectivity index (χ3v) is 14.9. The largest absolute Gasteiger partial charge is 0.480 e. The molecule has 6 atom stereocenters. The minimum absolute atomic E-state index is 0. The monoisotopic (exact) mass is 959 g/mol. The molecule has 0 aromatic heterocycles. The molecule has 4 unspecified atom stereocenters. The van der Waals surface area contributed by atoms with Crippen LogP contribution >= 0.6 is 0 Å². The van der Waals surface area contributed by atoms with E-state index in [1.807, 2.05) is 4.90 Å². The first-order chi connectivity index (χ1) is 32.3. The van der Waals surface area contributed by atoms with Gasteiger partial charge >= 0.3 is 30.2 Å². The molecule has 2 spiro atoms. The van der Waals surface area contributed by atoms with Crippen LogP contribution in [0.4, 0.5) is 30.6 Å². The summed E-state index contributed by atoms with van der Waals surface area (Å²) in [5.41, 5.74) is 1.06. The number of fused-ring (bicyclic) bond motifs is 6. The normalized spacial score (nSPS) is 27.0. The van der Waals surface area contributed by atoms with Crippen LogP contribution in [0.5, 0.6) is 0 Å². The smallest absolute Gasteiger partial charge is 0.418 e. The van der Waals surface area contributed by atoms with Crippen molar-refractivity contribution in [3.05, 3.63) is 58.7 Å². The second-order valence-corrected chi connectivity index (χ2v) is 18.8. The van der Waals surface area contributed by atoms with Crippen molar-refractivity contribution >= 4 is 59.3 Å². The minimum Gasteiger partial charge on any atom is -0.480 e. The number of nitrogens with one attached hydrogen (secondary N) is 5. The number of carbonyl (C=O) groups is 8. The zero-order valence-electron chi connectivity index (χ0n) is 38.3. The van der Waals surface area contributed by atoms with Crippen molar-refractivity contribution < 1.29 is 52.9 Å². The Hall–Kier alpha value is -6.24. The van der Waals surface area contributed by atoms with Crippen LogP contribution in [0.3, 0.4) is 0 Å². The predicted molar refractivity (Wildman–Crippen MR) is 256 cm³/mol. The number of aliphatic carboxylic acids is 1. The van der Waals surface area contributed by atoms with Crippen molar-refractivity contribution in [3.63, 3.8) is 0 Å². The first-order valence-corrected chi connectivity index (χ1v) is 23.9. The Morgan fingerprint density at radius 3 is 1.70 bits per heavy atom. The van der Waals surface area contributed by atoms with Crippen LogP contribution in [-0.2, 0) is 52.7 Å². The lowest BCUT2D eigenvalue weighted by Gasteiger charge is -2.44. The Bertz CT molecular complexity index is 2280. The van der Waals surface area contributed by atoms with E-state index in [1.165, 1.54) is 65.6 Å². The van der Waals surface area contributed by atoms with Gasteiger partial charge in [0.05, 0.1) is 0 Å². The van der Waals surface area contributed by atoms with Gasteiger partial charge in [0.1, 0.15) is 13.1 Å². The number of amides is 9. The van der Waals surface area contributed by atoms with Crippen LogP contribution < -0.4 is 26.6 Å². The number of likely N-dealkylation sites (tertiary alicyclic amines) is 1. The maximum atomic E-state index is 13.4. The van der Waals surface area contributed by atoms with Gasteiger partial charge in [-0.2, -0.15) is 0 Å². The van der Waals surface area contributed by atoms with Crippen molar-refractivity contribution in [2.75, 3.05) is 50.9 Å². The van der Waals surface area contributed by atoms with Gasteiger partial charge in [0, 0.05) is 68.1 Å². The van der Waals surface area contributed by atoms with Crippen LogP contribution in [-0.4, -0.2) is 120 Å². The molecule has 4 saturated heterocycles. The summed E-state index contributed by atoms with van der Waals surface area (Å²) < 4.78 is 10.9. The Balaban J connectivity index is 0.000000189. The summed E-state index contributed by atoms with van der Waals surface area (Å²) >= 11 is 0. The quantitative estimate of drug-likeness (QED) is 0.180. The summed E-state index contributed by atoms with van der Waals surface area (Å²) in [5, 5.41) is 22.7. The van der Waals surface area contributed by atoms with Crippen LogP contribution in [0.15, 0.2) is 36.4 Å². The van der Waals surface area contributed by atoms with E-state index in [2.05, 4.69) is 26.6 Å². The second kappa shape index (κ2) is 22.0. The second-order valence-electron chi connectivity index (χ2n) is 18.8. The van der Waals surface area contributed by atoms with Crippen LogP contribution in [0.1, 0.15) is 127 Å². The van der Waals surface area contributed by atoms with Gasteiger partial charge in [0.15, 0.2) is 0 Å². The molecule has 6 N–H and O–H groups in total. The molecule has 4 aliphatic heterocycles. The number of carboxylic acid groups (broad SMARTS) is 1. The fourth-order valence-corrected chi connectivity index (χ4v) is 11.6. The number of ether oxygens (including phenoxy) is 2. The number of imide groups is 2. The van der Waals surface area contributed by atoms with E-state index in [-0.39, 0.29) is 51.8 Å². The molecule has 2 aromatic carbocycles. The van der Waals surface area contributed by atoms with Crippen LogP contribution in [0.25, 0.3) is 0 Å². The van der Waals surface area contributed by atoms with Crippen LogP contribution in [0.2, 0.25) is 0 Å². The van der Waals surface area contributed by atoms with Gasteiger partial charge in [0.25, 0.3) is 11.8 Å². The van der Waals surface area contributed by atoms with Gasteiger partial charge in [-0.3, -0.25) is 19.2 Å². The summed E-state index contributed by atoms with van der Waals surface area (Å²) in [6.45, 7) is 0.965. The number of carboxylic acids is 1. The zero-order valence-corrected chi connectivity index (χ0v) is 38.3. The number of carbonyl (C=O) groups excluding carboxylic acids is 7. The number of hydrogen-bond donors (Lipinski definition) is 6. The molecule has 4 heterocycles. The first kappa shape index (κ1) is 52.1. The number of hydrogen-bond acceptors (Lipinski definition) is 11.